The number of ether oxygens (including phenoxy) is 1. The predicted molar refractivity (Wildman–Crippen MR) is 68.6 cm³/mol. The Hall–Kier alpha value is -1.62. The number of likely N-dealkylation sites (tertiary alicyclic amines) is 1. The molecule has 0 amide bonds. The summed E-state index contributed by atoms with van der Waals surface area (Å²) >= 11 is 0. The van der Waals surface area contributed by atoms with Crippen LogP contribution in [0.25, 0.3) is 0 Å². The Labute approximate surface area is 107 Å². The Kier molecular flexibility index (Phi) is 3.81. The van der Waals surface area contributed by atoms with Gasteiger partial charge in [-0.3, -0.25) is 15.0 Å². The van der Waals surface area contributed by atoms with Crippen molar-refractivity contribution < 1.29 is 9.66 Å². The maximum atomic E-state index is 11.1. The third-order valence-electron chi connectivity index (χ3n) is 3.36. The highest BCUT2D eigenvalue weighted by atomic mass is 16.6. The summed E-state index contributed by atoms with van der Waals surface area (Å²) in [6, 6.07) is 7.08. The van der Waals surface area contributed by atoms with Gasteiger partial charge in [-0.1, -0.05) is 18.2 Å². The van der Waals surface area contributed by atoms with Gasteiger partial charge in [-0.05, 0) is 20.0 Å². The van der Waals surface area contributed by atoms with Crippen LogP contribution in [0.1, 0.15) is 18.4 Å². The van der Waals surface area contributed by atoms with Gasteiger partial charge in [0.25, 0.3) is 0 Å². The molecule has 98 valence electrons. The van der Waals surface area contributed by atoms with E-state index in [1.165, 1.54) is 0 Å². The Morgan fingerprint density at radius 1 is 1.44 bits per heavy atom. The predicted octanol–water partition coefficient (Wildman–Crippen LogP) is 1.76. The molecule has 1 heterocycles. The highest BCUT2D eigenvalue weighted by Crippen LogP contribution is 2.34. The molecule has 1 aliphatic heterocycles. The zero-order valence-electron chi connectivity index (χ0n) is 10.7. The summed E-state index contributed by atoms with van der Waals surface area (Å²) < 4.78 is 5.57. The van der Waals surface area contributed by atoms with E-state index in [-0.39, 0.29) is 10.8 Å². The van der Waals surface area contributed by atoms with Gasteiger partial charge in [-0.15, -0.1) is 0 Å². The molecule has 1 aromatic carbocycles. The van der Waals surface area contributed by atoms with Crippen molar-refractivity contribution in [1.82, 2.24) is 4.90 Å². The molecule has 0 radical (unpaired) electrons. The second-order valence-electron chi connectivity index (χ2n) is 4.65. The largest absolute Gasteiger partial charge is 0.494 e. The Morgan fingerprint density at radius 3 is 2.83 bits per heavy atom. The molecule has 2 atom stereocenters. The number of nitro groups is 1. The normalized spacial score (nSPS) is 24.1. The minimum atomic E-state index is -0.545. The van der Waals surface area contributed by atoms with Gasteiger partial charge in [-0.2, -0.15) is 0 Å². The number of nitrogens with zero attached hydrogens (tertiary/aromatic N) is 2. The second-order valence-corrected chi connectivity index (χ2v) is 4.65. The molecule has 2 rings (SSSR count). The Bertz CT molecular complexity index is 436. The van der Waals surface area contributed by atoms with E-state index in [0.717, 1.165) is 11.3 Å². The lowest BCUT2D eigenvalue weighted by atomic mass is 9.94. The summed E-state index contributed by atoms with van der Waals surface area (Å²) in [6.07, 6.45) is 0. The van der Waals surface area contributed by atoms with E-state index in [1.807, 2.05) is 43.1 Å². The number of para-hydroxylation sites is 1. The van der Waals surface area contributed by atoms with Gasteiger partial charge in [0.05, 0.1) is 19.1 Å². The maximum absolute atomic E-state index is 11.1. The second kappa shape index (κ2) is 5.35. The standard InChI is InChI=1S/C13H18N2O3/c1-3-18-13-7-5-4-6-10(13)11-8-14(2)9-12(11)15(16)17/h4-7,11-12H,3,8-9H2,1-2H3. The third kappa shape index (κ3) is 2.46. The lowest BCUT2D eigenvalue weighted by Crippen LogP contribution is -2.27. The van der Waals surface area contributed by atoms with Crippen molar-refractivity contribution in [2.24, 2.45) is 0 Å². The van der Waals surface area contributed by atoms with Crippen molar-refractivity contribution >= 4 is 0 Å². The van der Waals surface area contributed by atoms with Crippen LogP contribution in [0.3, 0.4) is 0 Å². The van der Waals surface area contributed by atoms with Gasteiger partial charge in [-0.25, -0.2) is 0 Å². The van der Waals surface area contributed by atoms with Crippen LogP contribution in [-0.2, 0) is 0 Å². The van der Waals surface area contributed by atoms with Crippen molar-refractivity contribution in [3.05, 3.63) is 39.9 Å². The van der Waals surface area contributed by atoms with Crippen molar-refractivity contribution in [2.45, 2.75) is 18.9 Å². The highest BCUT2D eigenvalue weighted by Gasteiger charge is 2.41. The zero-order chi connectivity index (χ0) is 13.1. The van der Waals surface area contributed by atoms with Gasteiger partial charge in [0.2, 0.25) is 6.04 Å². The SMILES string of the molecule is CCOc1ccccc1C1CN(C)CC1[N+](=O)[O-]. The fourth-order valence-corrected chi connectivity index (χ4v) is 2.57. The van der Waals surface area contributed by atoms with Crippen LogP contribution in [0.15, 0.2) is 24.3 Å². The summed E-state index contributed by atoms with van der Waals surface area (Å²) in [7, 11) is 1.92. The molecule has 5 heteroatoms. The third-order valence-corrected chi connectivity index (χ3v) is 3.36. The number of rotatable bonds is 4. The number of hydrogen-bond donors (Lipinski definition) is 0. The van der Waals surface area contributed by atoms with Crippen molar-refractivity contribution in [1.29, 1.82) is 0 Å². The van der Waals surface area contributed by atoms with Crippen LogP contribution in [0.5, 0.6) is 5.75 Å². The molecule has 0 N–H and O–H groups in total. The molecule has 0 bridgehead atoms. The fourth-order valence-electron chi connectivity index (χ4n) is 2.57. The summed E-state index contributed by atoms with van der Waals surface area (Å²) in [5.74, 6) is 0.680. The number of hydrogen-bond acceptors (Lipinski definition) is 4. The zero-order valence-corrected chi connectivity index (χ0v) is 10.7. The van der Waals surface area contributed by atoms with Crippen LogP contribution in [-0.4, -0.2) is 42.6 Å². The van der Waals surface area contributed by atoms with Crippen LogP contribution in [0, 0.1) is 10.1 Å². The van der Waals surface area contributed by atoms with E-state index in [2.05, 4.69) is 0 Å². The molecule has 0 saturated carbocycles. The molecule has 2 unspecified atom stereocenters. The lowest BCUT2D eigenvalue weighted by molar-refractivity contribution is -0.521. The molecule has 18 heavy (non-hydrogen) atoms. The summed E-state index contributed by atoms with van der Waals surface area (Å²) in [4.78, 5) is 13.0. The molecule has 5 nitrogen and oxygen atoms in total. The average molecular weight is 250 g/mol. The fraction of sp³-hybridized carbons (Fsp3) is 0.538. The molecular weight excluding hydrogens is 232 g/mol. The minimum absolute atomic E-state index is 0.0900. The molecule has 1 saturated heterocycles. The van der Waals surface area contributed by atoms with Crippen molar-refractivity contribution in [3.63, 3.8) is 0 Å². The molecule has 0 spiro atoms. The summed E-state index contributed by atoms with van der Waals surface area (Å²) in [5.41, 5.74) is 0.949. The Morgan fingerprint density at radius 2 is 2.17 bits per heavy atom. The number of benzene rings is 1. The molecular formula is C13H18N2O3. The molecule has 1 aromatic rings. The average Bonchev–Trinajstić information content (AvgIpc) is 2.72. The lowest BCUT2D eigenvalue weighted by Gasteiger charge is -2.16. The first kappa shape index (κ1) is 12.8. The van der Waals surface area contributed by atoms with Crippen LogP contribution in [0.4, 0.5) is 0 Å². The molecule has 1 fully saturated rings. The first-order valence-corrected chi connectivity index (χ1v) is 6.17. The first-order valence-electron chi connectivity index (χ1n) is 6.17. The van der Waals surface area contributed by atoms with E-state index in [4.69, 9.17) is 4.74 Å². The van der Waals surface area contributed by atoms with Gasteiger partial charge in [0.15, 0.2) is 0 Å². The number of likely N-dealkylation sites (N-methyl/N-ethyl adjacent to an activating group) is 1. The monoisotopic (exact) mass is 250 g/mol. The smallest absolute Gasteiger partial charge is 0.233 e. The maximum Gasteiger partial charge on any atom is 0.233 e. The van der Waals surface area contributed by atoms with E-state index < -0.39 is 6.04 Å². The molecule has 0 aliphatic carbocycles. The Balaban J connectivity index is 2.32. The van der Waals surface area contributed by atoms with Crippen LogP contribution >= 0.6 is 0 Å². The highest BCUT2D eigenvalue weighted by molar-refractivity contribution is 5.38. The van der Waals surface area contributed by atoms with E-state index in [9.17, 15) is 10.1 Å². The quantitative estimate of drug-likeness (QED) is 0.603. The van der Waals surface area contributed by atoms with Crippen LogP contribution in [0.2, 0.25) is 0 Å². The summed E-state index contributed by atoms with van der Waals surface area (Å²) in [5, 5.41) is 11.1. The topological polar surface area (TPSA) is 55.6 Å². The first-order chi connectivity index (χ1) is 8.63. The summed E-state index contributed by atoms with van der Waals surface area (Å²) in [6.45, 7) is 3.69. The van der Waals surface area contributed by atoms with E-state index in [0.29, 0.717) is 19.7 Å². The van der Waals surface area contributed by atoms with Crippen molar-refractivity contribution in [2.75, 3.05) is 26.7 Å². The minimum Gasteiger partial charge on any atom is -0.494 e. The molecule has 1 aliphatic rings. The van der Waals surface area contributed by atoms with Gasteiger partial charge in [0, 0.05) is 17.0 Å². The van der Waals surface area contributed by atoms with Crippen LogP contribution < -0.4 is 4.74 Å². The van der Waals surface area contributed by atoms with Crippen molar-refractivity contribution in [3.8, 4) is 5.75 Å². The van der Waals surface area contributed by atoms with E-state index in [1.54, 1.807) is 0 Å². The van der Waals surface area contributed by atoms with Gasteiger partial charge in [0.1, 0.15) is 5.75 Å². The molecule has 0 aromatic heterocycles. The van der Waals surface area contributed by atoms with Gasteiger partial charge >= 0.3 is 0 Å². The van der Waals surface area contributed by atoms with E-state index >= 15 is 0 Å². The van der Waals surface area contributed by atoms with Gasteiger partial charge < -0.3 is 4.74 Å².